The van der Waals surface area contributed by atoms with Gasteiger partial charge in [-0.3, -0.25) is 0 Å². The lowest BCUT2D eigenvalue weighted by Crippen LogP contribution is -2.56. The van der Waals surface area contributed by atoms with Crippen molar-refractivity contribution in [2.75, 3.05) is 7.11 Å². The molecule has 0 amide bonds. The summed E-state index contributed by atoms with van der Waals surface area (Å²) < 4.78 is 10.7. The smallest absolute Gasteiger partial charge is 0.292 e. The largest absolute Gasteiger partial charge is 0.497 e. The second kappa shape index (κ2) is 8.79. The molecule has 0 heterocycles. The summed E-state index contributed by atoms with van der Waals surface area (Å²) in [4.78, 5) is 0. The quantitative estimate of drug-likeness (QED) is 0.302. The monoisotopic (exact) mass is 497 g/mol. The molecule has 0 aliphatic heterocycles. The molecule has 0 N–H and O–H groups in total. The third-order valence-electron chi connectivity index (χ3n) is 12.0. The zero-order chi connectivity index (χ0) is 26.0. The van der Waals surface area contributed by atoms with E-state index in [0.717, 1.165) is 36.3 Å². The maximum absolute atomic E-state index is 9.05. The molecule has 0 saturated heterocycles. The molecule has 196 valence electrons. The lowest BCUT2D eigenvalue weighted by molar-refractivity contribution is -0.103. The normalized spacial score (nSPS) is 39.7. The first-order valence-electron chi connectivity index (χ1n) is 14.6. The van der Waals surface area contributed by atoms with Gasteiger partial charge in [0, 0.05) is 11.5 Å². The predicted octanol–water partition coefficient (Wildman–Crippen LogP) is 8.57. The minimum Gasteiger partial charge on any atom is -0.497 e. The van der Waals surface area contributed by atoms with E-state index in [1.807, 2.05) is 12.3 Å². The molecule has 6 rings (SSSR count). The Morgan fingerprint density at radius 2 is 1.84 bits per heavy atom. The average Bonchev–Trinajstić information content (AvgIpc) is 3.54. The van der Waals surface area contributed by atoms with Crippen molar-refractivity contribution in [2.24, 2.45) is 39.9 Å². The number of ether oxygens (including phenoxy) is 2. The van der Waals surface area contributed by atoms with Gasteiger partial charge in [0.1, 0.15) is 11.5 Å². The first-order chi connectivity index (χ1) is 17.8. The molecule has 7 atom stereocenters. The highest BCUT2D eigenvalue weighted by molar-refractivity contribution is 5.62. The molecule has 1 aromatic carbocycles. The topological polar surface area (TPSA) is 42.2 Å². The molecule has 7 unspecified atom stereocenters. The molecule has 3 heteroatoms. The number of benzene rings is 1. The number of rotatable bonds is 5. The Hall–Kier alpha value is -2.47. The summed E-state index contributed by atoms with van der Waals surface area (Å²) in [5, 5.41) is 9.05. The molecule has 3 nitrogen and oxygen atoms in total. The van der Waals surface area contributed by atoms with Gasteiger partial charge in [0.2, 0.25) is 0 Å². The lowest BCUT2D eigenvalue weighted by atomic mass is 9.41. The van der Waals surface area contributed by atoms with Crippen LogP contribution in [0.2, 0.25) is 0 Å². The zero-order valence-corrected chi connectivity index (χ0v) is 23.4. The first kappa shape index (κ1) is 24.8. The maximum atomic E-state index is 9.05. The third kappa shape index (κ3) is 3.50. The fraction of sp³-hybridized carbons (Fsp3) is 0.618. The summed E-state index contributed by atoms with van der Waals surface area (Å²) in [7, 11) is 1.68. The van der Waals surface area contributed by atoms with Crippen LogP contribution in [0.4, 0.5) is 0 Å². The summed E-state index contributed by atoms with van der Waals surface area (Å²) in [6.45, 7) is 10.1. The van der Waals surface area contributed by atoms with Gasteiger partial charge in [0.25, 0.3) is 6.26 Å². The Morgan fingerprint density at radius 3 is 2.62 bits per heavy atom. The van der Waals surface area contributed by atoms with Gasteiger partial charge >= 0.3 is 0 Å². The van der Waals surface area contributed by atoms with Crippen LogP contribution in [0.1, 0.15) is 84.6 Å². The fourth-order valence-corrected chi connectivity index (χ4v) is 9.97. The van der Waals surface area contributed by atoms with Gasteiger partial charge in [-0.2, -0.15) is 0 Å². The molecule has 37 heavy (non-hydrogen) atoms. The van der Waals surface area contributed by atoms with Crippen LogP contribution in [0.3, 0.4) is 0 Å². The van der Waals surface area contributed by atoms with Crippen molar-refractivity contribution in [3.8, 4) is 17.8 Å². The van der Waals surface area contributed by atoms with Crippen molar-refractivity contribution >= 4 is 0 Å². The van der Waals surface area contributed by atoms with E-state index in [9.17, 15) is 0 Å². The zero-order valence-electron chi connectivity index (χ0n) is 23.4. The summed E-state index contributed by atoms with van der Waals surface area (Å²) in [5.41, 5.74) is 7.05. The van der Waals surface area contributed by atoms with Crippen molar-refractivity contribution in [2.45, 2.75) is 85.5 Å². The van der Waals surface area contributed by atoms with Crippen LogP contribution >= 0.6 is 0 Å². The minimum atomic E-state index is 0.165. The second-order valence-corrected chi connectivity index (χ2v) is 13.2. The molecule has 0 aromatic heterocycles. The number of nitriles is 1. The highest BCUT2D eigenvalue weighted by atomic mass is 16.5. The Kier molecular flexibility index (Phi) is 5.90. The number of allylic oxidation sites excluding steroid dienone is 6. The van der Waals surface area contributed by atoms with Crippen LogP contribution in [0, 0.1) is 51.4 Å². The van der Waals surface area contributed by atoms with Crippen molar-refractivity contribution in [3.63, 3.8) is 0 Å². The van der Waals surface area contributed by atoms with E-state index >= 15 is 0 Å². The van der Waals surface area contributed by atoms with Gasteiger partial charge in [-0.15, -0.1) is 5.26 Å². The molecule has 1 aromatic rings. The molecule has 5 aliphatic rings. The highest BCUT2D eigenvalue weighted by Crippen LogP contribution is 2.79. The van der Waals surface area contributed by atoms with Crippen LogP contribution in [0.15, 0.2) is 53.1 Å². The summed E-state index contributed by atoms with van der Waals surface area (Å²) >= 11 is 0. The third-order valence-corrected chi connectivity index (χ3v) is 12.0. The first-order valence-corrected chi connectivity index (χ1v) is 14.6. The molecule has 0 radical (unpaired) electrons. The Morgan fingerprint density at radius 1 is 1.03 bits per heavy atom. The fourth-order valence-electron chi connectivity index (χ4n) is 9.97. The van der Waals surface area contributed by atoms with Crippen molar-refractivity contribution in [3.05, 3.63) is 58.7 Å². The Balaban J connectivity index is 1.32. The number of hydrogen-bond acceptors (Lipinski definition) is 3. The number of methoxy groups -OCH3 is 1. The van der Waals surface area contributed by atoms with Gasteiger partial charge in [0.05, 0.1) is 7.11 Å². The molecule has 0 bridgehead atoms. The molecule has 5 aliphatic carbocycles. The molecule has 2 saturated carbocycles. The van der Waals surface area contributed by atoms with Crippen LogP contribution in [-0.2, 0) is 6.42 Å². The van der Waals surface area contributed by atoms with E-state index in [0.29, 0.717) is 22.5 Å². The average molecular weight is 498 g/mol. The van der Waals surface area contributed by atoms with E-state index < -0.39 is 0 Å². The molecule has 2 fully saturated rings. The van der Waals surface area contributed by atoms with Crippen LogP contribution < -0.4 is 9.47 Å². The van der Waals surface area contributed by atoms with E-state index in [1.165, 1.54) is 50.5 Å². The molecular formula is C34H43NO2. The van der Waals surface area contributed by atoms with Gasteiger partial charge < -0.3 is 9.47 Å². The van der Waals surface area contributed by atoms with E-state index in [2.05, 4.69) is 52.0 Å². The lowest BCUT2D eigenvalue weighted by Gasteiger charge is -2.63. The van der Waals surface area contributed by atoms with Gasteiger partial charge in [-0.05, 0) is 129 Å². The van der Waals surface area contributed by atoms with Crippen LogP contribution in [0.25, 0.3) is 0 Å². The van der Waals surface area contributed by atoms with Crippen LogP contribution in [0.5, 0.6) is 11.5 Å². The SMILES string of the molecule is COc1cc(CCC2(C)C(C)=CC3=C(C)C34C2CCC2(C)C3C=CCCCC3CCC24)cc(OC#N)c1. The van der Waals surface area contributed by atoms with E-state index in [1.54, 1.807) is 29.9 Å². The van der Waals surface area contributed by atoms with Gasteiger partial charge in [-0.1, -0.05) is 43.2 Å². The summed E-state index contributed by atoms with van der Waals surface area (Å²) in [5.74, 6) is 4.42. The van der Waals surface area contributed by atoms with Gasteiger partial charge in [-0.25, -0.2) is 0 Å². The number of fused-ring (bicyclic) bond motifs is 3. The number of aryl methyl sites for hydroxylation is 1. The van der Waals surface area contributed by atoms with E-state index in [4.69, 9.17) is 14.7 Å². The predicted molar refractivity (Wildman–Crippen MR) is 148 cm³/mol. The number of nitrogens with zero attached hydrogens (tertiary/aromatic N) is 1. The van der Waals surface area contributed by atoms with Crippen molar-refractivity contribution in [1.82, 2.24) is 0 Å². The summed E-state index contributed by atoms with van der Waals surface area (Å²) in [6.07, 6.45) is 21.2. The van der Waals surface area contributed by atoms with Crippen LogP contribution in [-0.4, -0.2) is 7.11 Å². The van der Waals surface area contributed by atoms with Crippen molar-refractivity contribution in [1.29, 1.82) is 5.26 Å². The van der Waals surface area contributed by atoms with Crippen molar-refractivity contribution < 1.29 is 9.47 Å². The van der Waals surface area contributed by atoms with Gasteiger partial charge in [0.15, 0.2) is 0 Å². The standard InChI is InChI=1S/C34H43NO2/c1-22-17-29-23(2)34(29)30-12-11-25-9-7-6-8-10-28(25)33(30,4)16-14-31(34)32(22,3)15-13-24-18-26(36-5)20-27(19-24)37-21-35/h8,10,17-20,25,28,30-31H,6-7,9,11-16H2,1-5H3. The highest BCUT2D eigenvalue weighted by Gasteiger charge is 2.71. The molecule has 1 spiro atoms. The Bertz CT molecular complexity index is 1230. The Labute approximate surface area is 223 Å². The molecular weight excluding hydrogens is 454 g/mol. The summed E-state index contributed by atoms with van der Waals surface area (Å²) in [6, 6.07) is 5.91. The maximum Gasteiger partial charge on any atom is 0.292 e. The minimum absolute atomic E-state index is 0.165. The number of hydrogen-bond donors (Lipinski definition) is 0. The second-order valence-electron chi connectivity index (χ2n) is 13.2. The van der Waals surface area contributed by atoms with E-state index in [-0.39, 0.29) is 5.41 Å².